The number of rotatable bonds is 7. The maximum atomic E-state index is 12.1. The van der Waals surface area contributed by atoms with Crippen LogP contribution in [0.25, 0.3) is 6.08 Å². The first-order valence-electron chi connectivity index (χ1n) is 11.4. The molecule has 3 fully saturated rings. The predicted octanol–water partition coefficient (Wildman–Crippen LogP) is -1.53. The SMILES string of the molecule is O=C(/C=C/c1ccccc1)OCC1OC(OC2C=C[C@H]3[C@@H](O2)[C@@H]2O[C@]2(CO)[C@@H]3O)C(O)C(O)C1O. The van der Waals surface area contributed by atoms with Crippen LogP contribution < -0.4 is 0 Å². The van der Waals surface area contributed by atoms with Crippen LogP contribution in [0.1, 0.15) is 5.56 Å². The van der Waals surface area contributed by atoms with E-state index in [0.717, 1.165) is 5.56 Å². The van der Waals surface area contributed by atoms with Crippen LogP contribution in [0.2, 0.25) is 0 Å². The molecule has 2 saturated heterocycles. The van der Waals surface area contributed by atoms with E-state index in [4.69, 9.17) is 23.7 Å². The van der Waals surface area contributed by atoms with Gasteiger partial charge in [-0.2, -0.15) is 0 Å². The number of benzene rings is 1. The van der Waals surface area contributed by atoms with Crippen LogP contribution in [0, 0.1) is 5.92 Å². The van der Waals surface area contributed by atoms with E-state index >= 15 is 0 Å². The molecule has 0 amide bonds. The second-order valence-corrected chi connectivity index (χ2v) is 9.05. The Morgan fingerprint density at radius 3 is 2.54 bits per heavy atom. The lowest BCUT2D eigenvalue weighted by atomic mass is 9.97. The summed E-state index contributed by atoms with van der Waals surface area (Å²) in [7, 11) is 0. The zero-order valence-electron chi connectivity index (χ0n) is 18.6. The highest BCUT2D eigenvalue weighted by Crippen LogP contribution is 2.55. The third-order valence-corrected chi connectivity index (χ3v) is 6.88. The maximum absolute atomic E-state index is 12.1. The van der Waals surface area contributed by atoms with Crippen molar-refractivity contribution in [1.29, 1.82) is 0 Å². The Morgan fingerprint density at radius 1 is 1.03 bits per heavy atom. The highest BCUT2D eigenvalue weighted by atomic mass is 16.8. The topological polar surface area (TPSA) is 168 Å². The summed E-state index contributed by atoms with van der Waals surface area (Å²) in [5.74, 6) is -1.06. The molecule has 1 aromatic carbocycles. The van der Waals surface area contributed by atoms with Gasteiger partial charge in [-0.1, -0.05) is 36.4 Å². The van der Waals surface area contributed by atoms with Crippen molar-refractivity contribution in [2.75, 3.05) is 13.2 Å². The monoisotopic (exact) mass is 492 g/mol. The van der Waals surface area contributed by atoms with Gasteiger partial charge in [0, 0.05) is 12.0 Å². The third-order valence-electron chi connectivity index (χ3n) is 6.88. The molecule has 5 N–H and O–H groups in total. The lowest BCUT2D eigenvalue weighted by molar-refractivity contribution is -0.336. The molecule has 11 nitrogen and oxygen atoms in total. The zero-order valence-corrected chi connectivity index (χ0v) is 18.6. The summed E-state index contributed by atoms with van der Waals surface area (Å²) in [6.45, 7) is -0.736. The van der Waals surface area contributed by atoms with Crippen molar-refractivity contribution in [2.24, 2.45) is 5.92 Å². The summed E-state index contributed by atoms with van der Waals surface area (Å²) in [4.78, 5) is 12.1. The van der Waals surface area contributed by atoms with Gasteiger partial charge in [-0.05, 0) is 17.7 Å². The van der Waals surface area contributed by atoms with E-state index in [0.29, 0.717) is 0 Å². The molecule has 11 heteroatoms. The molecule has 1 aliphatic carbocycles. The number of esters is 1. The molecule has 4 aliphatic rings. The van der Waals surface area contributed by atoms with Crippen LogP contribution in [-0.2, 0) is 28.5 Å². The normalized spacial score (nSPS) is 44.1. The van der Waals surface area contributed by atoms with E-state index in [9.17, 15) is 30.3 Å². The minimum atomic E-state index is -1.63. The van der Waals surface area contributed by atoms with Crippen LogP contribution in [0.5, 0.6) is 0 Å². The average Bonchev–Trinajstić information content (AvgIpc) is 3.58. The van der Waals surface area contributed by atoms with E-state index in [1.165, 1.54) is 12.2 Å². The molecule has 3 aliphatic heterocycles. The first-order valence-corrected chi connectivity index (χ1v) is 11.4. The first-order chi connectivity index (χ1) is 16.8. The Labute approximate surface area is 200 Å². The summed E-state index contributed by atoms with van der Waals surface area (Å²) in [6.07, 6.45) is -4.34. The van der Waals surface area contributed by atoms with Crippen molar-refractivity contribution in [3.05, 3.63) is 54.1 Å². The summed E-state index contributed by atoms with van der Waals surface area (Å²) >= 11 is 0. The Kier molecular flexibility index (Phi) is 6.79. The van der Waals surface area contributed by atoms with Crippen molar-refractivity contribution in [3.63, 3.8) is 0 Å². The van der Waals surface area contributed by atoms with Crippen molar-refractivity contribution < 1.29 is 54.0 Å². The standard InChI is InChI=1S/C24H28O11/c25-11-24-21(30)13-7-9-16(33-20(13)22(24)35-24)34-23-19(29)18(28)17(27)14(32-23)10-31-15(26)8-6-12-4-2-1-3-5-12/h1-9,13-14,16-23,25,27-30H,10-11H2/b8-6+/t13-,14?,16?,17?,18?,19?,20+,21+,22-,23?,24+/m0/s1. The molecule has 11 atom stereocenters. The van der Waals surface area contributed by atoms with Gasteiger partial charge in [0.2, 0.25) is 0 Å². The molecule has 190 valence electrons. The van der Waals surface area contributed by atoms with Crippen molar-refractivity contribution >= 4 is 12.0 Å². The number of ether oxygens (including phenoxy) is 5. The number of hydrogen-bond acceptors (Lipinski definition) is 11. The lowest BCUT2D eigenvalue weighted by Gasteiger charge is -2.41. The molecule has 0 spiro atoms. The van der Waals surface area contributed by atoms with Crippen molar-refractivity contribution in [2.45, 2.75) is 60.9 Å². The minimum absolute atomic E-state index is 0.343. The van der Waals surface area contributed by atoms with E-state index in [1.54, 1.807) is 12.2 Å². The summed E-state index contributed by atoms with van der Waals surface area (Å²) < 4.78 is 27.7. The van der Waals surface area contributed by atoms with Gasteiger partial charge >= 0.3 is 5.97 Å². The van der Waals surface area contributed by atoms with E-state index < -0.39 is 73.5 Å². The predicted molar refractivity (Wildman–Crippen MR) is 116 cm³/mol. The van der Waals surface area contributed by atoms with E-state index in [-0.39, 0.29) is 12.5 Å². The Bertz CT molecular complexity index is 967. The molecule has 0 bridgehead atoms. The molecular formula is C24H28O11. The van der Waals surface area contributed by atoms with Crippen molar-refractivity contribution in [3.8, 4) is 0 Å². The second-order valence-electron chi connectivity index (χ2n) is 9.05. The second kappa shape index (κ2) is 9.69. The molecule has 1 aromatic rings. The first kappa shape index (κ1) is 24.5. The Morgan fingerprint density at radius 2 is 1.80 bits per heavy atom. The maximum Gasteiger partial charge on any atom is 0.330 e. The zero-order chi connectivity index (χ0) is 24.7. The van der Waals surface area contributed by atoms with Gasteiger partial charge in [0.25, 0.3) is 0 Å². The van der Waals surface area contributed by atoms with Gasteiger partial charge in [0.15, 0.2) is 12.6 Å². The number of fused-ring (bicyclic) bond motifs is 3. The molecule has 0 aromatic heterocycles. The average molecular weight is 492 g/mol. The summed E-state index contributed by atoms with van der Waals surface area (Å²) in [6, 6.07) is 9.12. The van der Waals surface area contributed by atoms with E-state index in [1.807, 2.05) is 30.3 Å². The van der Waals surface area contributed by atoms with Gasteiger partial charge in [-0.25, -0.2) is 4.79 Å². The molecule has 3 heterocycles. The molecular weight excluding hydrogens is 464 g/mol. The summed E-state index contributed by atoms with van der Waals surface area (Å²) in [5.41, 5.74) is -0.240. The van der Waals surface area contributed by atoms with Gasteiger partial charge in [-0.3, -0.25) is 0 Å². The van der Waals surface area contributed by atoms with Crippen molar-refractivity contribution in [1.82, 2.24) is 0 Å². The van der Waals surface area contributed by atoms with Gasteiger partial charge < -0.3 is 49.2 Å². The fourth-order valence-electron chi connectivity index (χ4n) is 4.83. The number of aliphatic hydroxyl groups excluding tert-OH is 5. The van der Waals surface area contributed by atoms with Gasteiger partial charge in [0.1, 0.15) is 42.7 Å². The molecule has 35 heavy (non-hydrogen) atoms. The fraction of sp³-hybridized carbons (Fsp3) is 0.542. The van der Waals surface area contributed by atoms with Crippen LogP contribution in [0.4, 0.5) is 0 Å². The van der Waals surface area contributed by atoms with Crippen LogP contribution in [0.15, 0.2) is 48.6 Å². The Balaban J connectivity index is 1.17. The lowest BCUT2D eigenvalue weighted by Crippen LogP contribution is -2.60. The van der Waals surface area contributed by atoms with Crippen LogP contribution in [-0.4, -0.2) is 106 Å². The Hall–Kier alpha value is -2.19. The minimum Gasteiger partial charge on any atom is -0.460 e. The highest BCUT2D eigenvalue weighted by molar-refractivity contribution is 5.87. The largest absolute Gasteiger partial charge is 0.460 e. The quantitative estimate of drug-likeness (QED) is 0.130. The number of carbonyl (C=O) groups excluding carboxylic acids is 1. The number of aliphatic hydroxyl groups is 5. The molecule has 0 radical (unpaired) electrons. The third kappa shape index (κ3) is 4.55. The fourth-order valence-corrected chi connectivity index (χ4v) is 4.83. The van der Waals surface area contributed by atoms with Gasteiger partial charge in [-0.15, -0.1) is 0 Å². The molecule has 5 rings (SSSR count). The van der Waals surface area contributed by atoms with Crippen LogP contribution >= 0.6 is 0 Å². The van der Waals surface area contributed by atoms with Crippen LogP contribution in [0.3, 0.4) is 0 Å². The number of carbonyl (C=O) groups is 1. The molecule has 6 unspecified atom stereocenters. The number of epoxide rings is 1. The smallest absolute Gasteiger partial charge is 0.330 e. The van der Waals surface area contributed by atoms with Gasteiger partial charge in [0.05, 0.1) is 18.8 Å². The highest BCUT2D eigenvalue weighted by Gasteiger charge is 2.74. The number of hydrogen-bond donors (Lipinski definition) is 5. The van der Waals surface area contributed by atoms with E-state index in [2.05, 4.69) is 0 Å². The summed E-state index contributed by atoms with van der Waals surface area (Å²) in [5, 5.41) is 50.9. The molecule has 1 saturated carbocycles.